The monoisotopic (exact) mass is 276 g/mol. The molecule has 1 saturated heterocycles. The first kappa shape index (κ1) is 12.3. The van der Waals surface area contributed by atoms with Gasteiger partial charge in [0.25, 0.3) is 5.91 Å². The summed E-state index contributed by atoms with van der Waals surface area (Å²) in [5.41, 5.74) is 7.75. The summed E-state index contributed by atoms with van der Waals surface area (Å²) in [7, 11) is 0. The van der Waals surface area contributed by atoms with Gasteiger partial charge in [-0.05, 0) is 25.1 Å². The smallest absolute Gasteiger partial charge is 0.275 e. The van der Waals surface area contributed by atoms with Crippen LogP contribution in [0, 0.1) is 0 Å². The molecule has 0 bridgehead atoms. The number of aromatic nitrogens is 2. The van der Waals surface area contributed by atoms with Crippen molar-refractivity contribution in [1.82, 2.24) is 15.1 Å². The van der Waals surface area contributed by atoms with Gasteiger partial charge in [-0.25, -0.2) is 0 Å². The Labute approximate surface area is 115 Å². The molecule has 2 aromatic rings. The maximum atomic E-state index is 12.6. The molecule has 0 radical (unpaired) electrons. The van der Waals surface area contributed by atoms with Crippen molar-refractivity contribution < 1.29 is 4.79 Å². The van der Waals surface area contributed by atoms with Crippen molar-refractivity contribution in [3.8, 4) is 0 Å². The number of nitrogen functional groups attached to an aromatic ring is 1. The zero-order chi connectivity index (χ0) is 13.4. The van der Waals surface area contributed by atoms with Gasteiger partial charge in [-0.2, -0.15) is 16.9 Å². The minimum Gasteiger partial charge on any atom is -0.399 e. The SMILES string of the molecule is CC1CSCCN1C(=O)c1n[nH]c2ccc(N)cc12. The van der Waals surface area contributed by atoms with Gasteiger partial charge in [-0.15, -0.1) is 0 Å². The summed E-state index contributed by atoms with van der Waals surface area (Å²) in [6, 6.07) is 5.70. The molecule has 1 aliphatic heterocycles. The van der Waals surface area contributed by atoms with E-state index in [2.05, 4.69) is 17.1 Å². The van der Waals surface area contributed by atoms with Crippen molar-refractivity contribution >= 4 is 34.3 Å². The van der Waals surface area contributed by atoms with Gasteiger partial charge in [0.2, 0.25) is 0 Å². The predicted molar refractivity (Wildman–Crippen MR) is 78.3 cm³/mol. The molecular weight excluding hydrogens is 260 g/mol. The second-order valence-electron chi connectivity index (χ2n) is 4.80. The van der Waals surface area contributed by atoms with E-state index in [4.69, 9.17) is 5.73 Å². The number of hydrogen-bond donors (Lipinski definition) is 2. The largest absolute Gasteiger partial charge is 0.399 e. The molecule has 1 amide bonds. The van der Waals surface area contributed by atoms with Crippen LogP contribution in [0.2, 0.25) is 0 Å². The van der Waals surface area contributed by atoms with E-state index < -0.39 is 0 Å². The first-order chi connectivity index (χ1) is 9.16. The third-order valence-corrected chi connectivity index (χ3v) is 4.61. The highest BCUT2D eigenvalue weighted by Crippen LogP contribution is 2.23. The molecule has 0 aliphatic carbocycles. The first-order valence-corrected chi connectivity index (χ1v) is 7.44. The minimum atomic E-state index is -0.00958. The van der Waals surface area contributed by atoms with Crippen molar-refractivity contribution in [2.75, 3.05) is 23.8 Å². The summed E-state index contributed by atoms with van der Waals surface area (Å²) in [6.07, 6.45) is 0. The fraction of sp³-hybridized carbons (Fsp3) is 0.385. The lowest BCUT2D eigenvalue weighted by atomic mass is 10.1. The van der Waals surface area contributed by atoms with Gasteiger partial charge in [0.1, 0.15) is 0 Å². The summed E-state index contributed by atoms with van der Waals surface area (Å²) in [6.45, 7) is 2.86. The van der Waals surface area contributed by atoms with E-state index in [-0.39, 0.29) is 11.9 Å². The van der Waals surface area contributed by atoms with E-state index in [1.807, 2.05) is 22.7 Å². The topological polar surface area (TPSA) is 75.0 Å². The van der Waals surface area contributed by atoms with E-state index in [1.54, 1.807) is 12.1 Å². The van der Waals surface area contributed by atoms with Crippen LogP contribution in [-0.4, -0.2) is 45.1 Å². The van der Waals surface area contributed by atoms with Gasteiger partial charge in [0, 0.05) is 35.2 Å². The quantitative estimate of drug-likeness (QED) is 0.778. The molecule has 1 fully saturated rings. The first-order valence-electron chi connectivity index (χ1n) is 6.29. The third kappa shape index (κ3) is 2.16. The van der Waals surface area contributed by atoms with E-state index in [9.17, 15) is 4.79 Å². The Balaban J connectivity index is 1.99. The van der Waals surface area contributed by atoms with Gasteiger partial charge in [-0.3, -0.25) is 9.89 Å². The van der Waals surface area contributed by atoms with Crippen LogP contribution in [-0.2, 0) is 0 Å². The molecule has 1 atom stereocenters. The number of benzene rings is 1. The second kappa shape index (κ2) is 4.77. The zero-order valence-corrected chi connectivity index (χ0v) is 11.5. The maximum Gasteiger partial charge on any atom is 0.275 e. The molecule has 1 aromatic heterocycles. The van der Waals surface area contributed by atoms with E-state index in [0.29, 0.717) is 11.4 Å². The Hall–Kier alpha value is -1.69. The van der Waals surface area contributed by atoms with Gasteiger partial charge in [0.15, 0.2) is 5.69 Å². The Bertz CT molecular complexity index is 624. The molecule has 100 valence electrons. The summed E-state index contributed by atoms with van der Waals surface area (Å²) in [5, 5.41) is 7.86. The van der Waals surface area contributed by atoms with Crippen molar-refractivity contribution in [1.29, 1.82) is 0 Å². The van der Waals surface area contributed by atoms with Crippen LogP contribution in [0.5, 0.6) is 0 Å². The van der Waals surface area contributed by atoms with Crippen LogP contribution in [0.15, 0.2) is 18.2 Å². The molecule has 3 rings (SSSR count). The van der Waals surface area contributed by atoms with Crippen LogP contribution in [0.4, 0.5) is 5.69 Å². The second-order valence-corrected chi connectivity index (χ2v) is 5.95. The van der Waals surface area contributed by atoms with E-state index in [0.717, 1.165) is 29.0 Å². The Kier molecular flexibility index (Phi) is 3.10. The number of amides is 1. The van der Waals surface area contributed by atoms with E-state index >= 15 is 0 Å². The summed E-state index contributed by atoms with van der Waals surface area (Å²) >= 11 is 1.89. The number of nitrogens with two attached hydrogens (primary N) is 1. The molecule has 19 heavy (non-hydrogen) atoms. The lowest BCUT2D eigenvalue weighted by molar-refractivity contribution is 0.0712. The molecule has 1 unspecified atom stereocenters. The number of nitrogens with one attached hydrogen (secondary N) is 1. The number of nitrogens with zero attached hydrogens (tertiary/aromatic N) is 2. The molecule has 5 nitrogen and oxygen atoms in total. The molecule has 6 heteroatoms. The number of anilines is 1. The van der Waals surface area contributed by atoms with Crippen molar-refractivity contribution in [2.24, 2.45) is 0 Å². The average Bonchev–Trinajstić information content (AvgIpc) is 2.81. The van der Waals surface area contributed by atoms with Gasteiger partial charge >= 0.3 is 0 Å². The molecule has 0 saturated carbocycles. The van der Waals surface area contributed by atoms with E-state index in [1.165, 1.54) is 0 Å². The number of carbonyl (C=O) groups excluding carboxylic acids is 1. The number of hydrogen-bond acceptors (Lipinski definition) is 4. The number of aromatic amines is 1. The average molecular weight is 276 g/mol. The lowest BCUT2D eigenvalue weighted by Crippen LogP contribution is -2.44. The van der Waals surface area contributed by atoms with Crippen LogP contribution in [0.1, 0.15) is 17.4 Å². The van der Waals surface area contributed by atoms with Crippen LogP contribution in [0.3, 0.4) is 0 Å². The Morgan fingerprint density at radius 1 is 1.58 bits per heavy atom. The number of H-pyrrole nitrogens is 1. The Morgan fingerprint density at radius 3 is 3.21 bits per heavy atom. The van der Waals surface area contributed by atoms with Gasteiger partial charge in [0.05, 0.1) is 5.52 Å². The highest BCUT2D eigenvalue weighted by molar-refractivity contribution is 7.99. The fourth-order valence-corrected chi connectivity index (χ4v) is 3.37. The summed E-state index contributed by atoms with van der Waals surface area (Å²) in [4.78, 5) is 14.5. The van der Waals surface area contributed by atoms with Crippen LogP contribution >= 0.6 is 11.8 Å². The molecule has 0 spiro atoms. The molecular formula is C13H16N4OS. The summed E-state index contributed by atoms with van der Waals surface area (Å²) in [5.74, 6) is 1.96. The van der Waals surface area contributed by atoms with Crippen LogP contribution in [0.25, 0.3) is 10.9 Å². The Morgan fingerprint density at radius 2 is 2.42 bits per heavy atom. The van der Waals surface area contributed by atoms with Crippen molar-refractivity contribution in [2.45, 2.75) is 13.0 Å². The highest BCUT2D eigenvalue weighted by Gasteiger charge is 2.27. The standard InChI is InChI=1S/C13H16N4OS/c1-8-7-19-5-4-17(8)13(18)12-10-6-9(14)2-3-11(10)15-16-12/h2-3,6,8H,4-5,7,14H2,1H3,(H,15,16). The maximum absolute atomic E-state index is 12.6. The molecule has 3 N–H and O–H groups in total. The normalized spacial score (nSPS) is 19.8. The molecule has 2 heterocycles. The van der Waals surface area contributed by atoms with Crippen LogP contribution < -0.4 is 5.73 Å². The lowest BCUT2D eigenvalue weighted by Gasteiger charge is -2.32. The number of carbonyl (C=O) groups is 1. The zero-order valence-electron chi connectivity index (χ0n) is 10.7. The van der Waals surface area contributed by atoms with Crippen molar-refractivity contribution in [3.05, 3.63) is 23.9 Å². The number of rotatable bonds is 1. The fourth-order valence-electron chi connectivity index (χ4n) is 2.36. The van der Waals surface area contributed by atoms with Crippen molar-refractivity contribution in [3.63, 3.8) is 0 Å². The number of fused-ring (bicyclic) bond motifs is 1. The molecule has 1 aromatic carbocycles. The predicted octanol–water partition coefficient (Wildman–Crippen LogP) is 1.72. The molecule has 1 aliphatic rings. The third-order valence-electron chi connectivity index (χ3n) is 3.42. The minimum absolute atomic E-state index is 0.00958. The number of thioether (sulfide) groups is 1. The highest BCUT2D eigenvalue weighted by atomic mass is 32.2. The van der Waals surface area contributed by atoms with Gasteiger partial charge < -0.3 is 10.6 Å². The summed E-state index contributed by atoms with van der Waals surface area (Å²) < 4.78 is 0. The van der Waals surface area contributed by atoms with Gasteiger partial charge in [-0.1, -0.05) is 0 Å².